The Morgan fingerprint density at radius 1 is 1.43 bits per heavy atom. The van der Waals surface area contributed by atoms with E-state index in [0.717, 1.165) is 13.0 Å². The molecule has 14 heavy (non-hydrogen) atoms. The smallest absolute Gasteiger partial charge is 0.128 e. The fraction of sp³-hybridized carbons (Fsp3) is 0.455. The van der Waals surface area contributed by atoms with Crippen LogP contribution >= 0.6 is 0 Å². The molecule has 1 aromatic rings. The molecule has 1 aliphatic rings. The highest BCUT2D eigenvalue weighted by Crippen LogP contribution is 2.09. The van der Waals surface area contributed by atoms with Gasteiger partial charge in [0.05, 0.1) is 13.2 Å². The van der Waals surface area contributed by atoms with Crippen LogP contribution in [0.1, 0.15) is 12.0 Å². The van der Waals surface area contributed by atoms with Crippen molar-refractivity contribution in [3.8, 4) is 0 Å². The molecule has 1 heterocycles. The first-order valence-corrected chi connectivity index (χ1v) is 4.91. The van der Waals surface area contributed by atoms with Gasteiger partial charge < -0.3 is 10.1 Å². The third kappa shape index (κ3) is 2.30. The van der Waals surface area contributed by atoms with E-state index < -0.39 is 0 Å². The van der Waals surface area contributed by atoms with Gasteiger partial charge in [-0.1, -0.05) is 18.2 Å². The van der Waals surface area contributed by atoms with Crippen LogP contribution in [0.2, 0.25) is 0 Å². The molecule has 0 spiro atoms. The minimum absolute atomic E-state index is 0.186. The first-order chi connectivity index (χ1) is 6.86. The quantitative estimate of drug-likeness (QED) is 0.789. The molecule has 3 heteroatoms. The molecule has 1 aliphatic heterocycles. The zero-order valence-corrected chi connectivity index (χ0v) is 8.00. The van der Waals surface area contributed by atoms with Crippen LogP contribution in [0.25, 0.3) is 0 Å². The number of nitrogens with one attached hydrogen (secondary N) is 1. The molecule has 0 bridgehead atoms. The molecular weight excluding hydrogens is 181 g/mol. The molecule has 1 N–H and O–H groups in total. The van der Waals surface area contributed by atoms with E-state index in [0.29, 0.717) is 24.8 Å². The molecule has 0 amide bonds. The van der Waals surface area contributed by atoms with E-state index in [1.165, 1.54) is 6.07 Å². The molecule has 0 radical (unpaired) electrons. The maximum absolute atomic E-state index is 13.1. The Morgan fingerprint density at radius 3 is 2.86 bits per heavy atom. The van der Waals surface area contributed by atoms with Gasteiger partial charge in [-0.15, -0.1) is 0 Å². The lowest BCUT2D eigenvalue weighted by Gasteiger charge is -2.27. The summed E-state index contributed by atoms with van der Waals surface area (Å²) >= 11 is 0. The van der Waals surface area contributed by atoms with Crippen LogP contribution in [0.15, 0.2) is 24.3 Å². The summed E-state index contributed by atoms with van der Waals surface area (Å²) in [5.74, 6) is -0.186. The van der Waals surface area contributed by atoms with Crippen LogP contribution in [-0.2, 0) is 11.3 Å². The van der Waals surface area contributed by atoms with Crippen molar-refractivity contribution in [1.29, 1.82) is 0 Å². The van der Waals surface area contributed by atoms with Crippen molar-refractivity contribution in [1.82, 2.24) is 5.32 Å². The molecule has 0 saturated carbocycles. The standard InChI is InChI=1S/C11H14FNO/c12-11-4-2-1-3-9(11)7-14-8-10-5-6-13-10/h1-4,10,13H,5-8H2. The number of halogens is 1. The molecule has 0 aliphatic carbocycles. The van der Waals surface area contributed by atoms with Crippen LogP contribution in [-0.4, -0.2) is 19.2 Å². The zero-order valence-electron chi connectivity index (χ0n) is 8.00. The second kappa shape index (κ2) is 4.53. The highest BCUT2D eigenvalue weighted by atomic mass is 19.1. The van der Waals surface area contributed by atoms with E-state index in [-0.39, 0.29) is 5.82 Å². The van der Waals surface area contributed by atoms with Crippen LogP contribution < -0.4 is 5.32 Å². The molecule has 1 fully saturated rings. The minimum atomic E-state index is -0.186. The van der Waals surface area contributed by atoms with Crippen LogP contribution in [0.3, 0.4) is 0 Å². The van der Waals surface area contributed by atoms with E-state index in [9.17, 15) is 4.39 Å². The second-order valence-electron chi connectivity index (χ2n) is 3.55. The highest BCUT2D eigenvalue weighted by molar-refractivity contribution is 5.16. The average molecular weight is 195 g/mol. The summed E-state index contributed by atoms with van der Waals surface area (Å²) in [4.78, 5) is 0. The average Bonchev–Trinajstić information content (AvgIpc) is 2.12. The van der Waals surface area contributed by atoms with E-state index in [1.54, 1.807) is 12.1 Å². The topological polar surface area (TPSA) is 21.3 Å². The summed E-state index contributed by atoms with van der Waals surface area (Å²) in [5.41, 5.74) is 0.631. The summed E-state index contributed by atoms with van der Waals surface area (Å²) in [5, 5.41) is 3.23. The monoisotopic (exact) mass is 195 g/mol. The molecule has 1 atom stereocenters. The molecule has 76 valence electrons. The normalized spacial score (nSPS) is 20.5. The van der Waals surface area contributed by atoms with Gasteiger partial charge in [0.1, 0.15) is 5.82 Å². The molecule has 1 unspecified atom stereocenters. The molecular formula is C11H14FNO. The minimum Gasteiger partial charge on any atom is -0.375 e. The van der Waals surface area contributed by atoms with Gasteiger partial charge in [0, 0.05) is 11.6 Å². The van der Waals surface area contributed by atoms with E-state index >= 15 is 0 Å². The van der Waals surface area contributed by atoms with Gasteiger partial charge in [-0.25, -0.2) is 4.39 Å². The van der Waals surface area contributed by atoms with Gasteiger partial charge in [-0.05, 0) is 19.0 Å². The lowest BCUT2D eigenvalue weighted by atomic mass is 10.1. The lowest BCUT2D eigenvalue weighted by Crippen LogP contribution is -2.45. The Kier molecular flexibility index (Phi) is 3.11. The van der Waals surface area contributed by atoms with Gasteiger partial charge in [-0.2, -0.15) is 0 Å². The molecule has 2 nitrogen and oxygen atoms in total. The van der Waals surface area contributed by atoms with E-state index in [1.807, 2.05) is 6.07 Å². The Hall–Kier alpha value is -0.930. The van der Waals surface area contributed by atoms with Crippen LogP contribution in [0.4, 0.5) is 4.39 Å². The highest BCUT2D eigenvalue weighted by Gasteiger charge is 2.15. The molecule has 1 aromatic carbocycles. The lowest BCUT2D eigenvalue weighted by molar-refractivity contribution is 0.0790. The number of rotatable bonds is 4. The van der Waals surface area contributed by atoms with Gasteiger partial charge >= 0.3 is 0 Å². The third-order valence-electron chi connectivity index (χ3n) is 2.46. The van der Waals surface area contributed by atoms with E-state index in [2.05, 4.69) is 5.32 Å². The van der Waals surface area contributed by atoms with Crippen molar-refractivity contribution in [3.05, 3.63) is 35.6 Å². The molecule has 2 rings (SSSR count). The maximum atomic E-state index is 13.1. The van der Waals surface area contributed by atoms with Crippen molar-refractivity contribution >= 4 is 0 Å². The Balaban J connectivity index is 1.76. The van der Waals surface area contributed by atoms with Gasteiger partial charge in [-0.3, -0.25) is 0 Å². The summed E-state index contributed by atoms with van der Waals surface area (Å²) in [6.07, 6.45) is 1.16. The van der Waals surface area contributed by atoms with E-state index in [4.69, 9.17) is 4.74 Å². The van der Waals surface area contributed by atoms with Crippen LogP contribution in [0.5, 0.6) is 0 Å². The summed E-state index contributed by atoms with van der Waals surface area (Å²) < 4.78 is 18.5. The zero-order chi connectivity index (χ0) is 9.80. The van der Waals surface area contributed by atoms with Crippen molar-refractivity contribution in [2.45, 2.75) is 19.1 Å². The number of ether oxygens (including phenoxy) is 1. The number of hydrogen-bond donors (Lipinski definition) is 1. The largest absolute Gasteiger partial charge is 0.375 e. The van der Waals surface area contributed by atoms with Crippen LogP contribution in [0, 0.1) is 5.82 Å². The molecule has 0 aromatic heterocycles. The van der Waals surface area contributed by atoms with Crippen molar-refractivity contribution in [2.75, 3.05) is 13.2 Å². The first-order valence-electron chi connectivity index (χ1n) is 4.91. The fourth-order valence-corrected chi connectivity index (χ4v) is 1.42. The maximum Gasteiger partial charge on any atom is 0.128 e. The van der Waals surface area contributed by atoms with Crippen molar-refractivity contribution in [3.63, 3.8) is 0 Å². The SMILES string of the molecule is Fc1ccccc1COCC1CCN1. The van der Waals surface area contributed by atoms with Gasteiger partial charge in [0.15, 0.2) is 0 Å². The number of hydrogen-bond acceptors (Lipinski definition) is 2. The molecule has 1 saturated heterocycles. The fourth-order valence-electron chi connectivity index (χ4n) is 1.42. The van der Waals surface area contributed by atoms with Gasteiger partial charge in [0.2, 0.25) is 0 Å². The Morgan fingerprint density at radius 2 is 2.21 bits per heavy atom. The van der Waals surface area contributed by atoms with Crippen molar-refractivity contribution in [2.24, 2.45) is 0 Å². The predicted molar refractivity (Wildman–Crippen MR) is 52.5 cm³/mol. The Labute approximate surface area is 83.1 Å². The van der Waals surface area contributed by atoms with Crippen molar-refractivity contribution < 1.29 is 9.13 Å². The summed E-state index contributed by atoms with van der Waals surface area (Å²) in [7, 11) is 0. The number of benzene rings is 1. The van der Waals surface area contributed by atoms with Gasteiger partial charge in [0.25, 0.3) is 0 Å². The third-order valence-corrected chi connectivity index (χ3v) is 2.46. The summed E-state index contributed by atoms with van der Waals surface area (Å²) in [6.45, 7) is 2.12. The Bertz CT molecular complexity index is 299. The second-order valence-corrected chi connectivity index (χ2v) is 3.55. The predicted octanol–water partition coefficient (Wildman–Crippen LogP) is 1.70. The first kappa shape index (κ1) is 9.62. The summed E-state index contributed by atoms with van der Waals surface area (Å²) in [6, 6.07) is 7.20.